The van der Waals surface area contributed by atoms with Crippen LogP contribution in [0.5, 0.6) is 0 Å². The van der Waals surface area contributed by atoms with Gasteiger partial charge >= 0.3 is 6.18 Å². The van der Waals surface area contributed by atoms with Crippen LogP contribution in [0.15, 0.2) is 152 Å². The number of rotatable bonds is 3. The molecule has 49 heavy (non-hydrogen) atoms. The Morgan fingerprint density at radius 3 is 1.06 bits per heavy atom. The van der Waals surface area contributed by atoms with Crippen molar-refractivity contribution in [2.24, 2.45) is 0 Å². The van der Waals surface area contributed by atoms with Crippen LogP contribution in [0, 0.1) is 6.92 Å². The van der Waals surface area contributed by atoms with Gasteiger partial charge in [-0.1, -0.05) is 134 Å². The molecule has 0 atom stereocenters. The van der Waals surface area contributed by atoms with Gasteiger partial charge in [-0.15, -0.1) is 0 Å². The Labute approximate surface area is 282 Å². The highest BCUT2D eigenvalue weighted by Gasteiger charge is 2.33. The Kier molecular flexibility index (Phi) is 6.57. The third-order valence-electron chi connectivity index (χ3n) is 10.2. The van der Waals surface area contributed by atoms with Crippen molar-refractivity contribution in [1.82, 2.24) is 0 Å². The van der Waals surface area contributed by atoms with Gasteiger partial charge in [-0.25, -0.2) is 0 Å². The molecule has 0 aromatic heterocycles. The molecule has 0 bridgehead atoms. The molecular weight excluding hydrogens is 628 g/mol. The summed E-state index contributed by atoms with van der Waals surface area (Å²) in [4.78, 5) is 0. The van der Waals surface area contributed by atoms with Crippen molar-refractivity contribution in [3.63, 3.8) is 0 Å². The van der Waals surface area contributed by atoms with Crippen molar-refractivity contribution in [1.29, 1.82) is 0 Å². The summed E-state index contributed by atoms with van der Waals surface area (Å²) in [5, 5.41) is 16.0. The molecule has 4 heteroatoms. The van der Waals surface area contributed by atoms with Crippen LogP contribution >= 0.6 is 6.89 Å². The topological polar surface area (TPSA) is 0 Å². The molecule has 0 aliphatic carbocycles. The molecule has 0 saturated heterocycles. The summed E-state index contributed by atoms with van der Waals surface area (Å²) in [6, 6.07) is 50.9. The van der Waals surface area contributed by atoms with Crippen LogP contribution < -0.4 is 15.9 Å². The maximum atomic E-state index is 14.4. The van der Waals surface area contributed by atoms with E-state index in [4.69, 9.17) is 6.30 Å². The predicted molar refractivity (Wildman–Crippen MR) is 207 cm³/mol. The van der Waals surface area contributed by atoms with Gasteiger partial charge in [0.25, 0.3) is 0 Å². The molecule has 9 aromatic carbocycles. The van der Waals surface area contributed by atoms with E-state index in [0.717, 1.165) is 64.5 Å². The SMILES string of the molecule is C=P(c1cc(C)cc(C(F)(F)F)c1)(c1ccc2c3ccccc3c3ccccc3c2c1)c1ccc2c3ccccc3c3ccccc3c2c1. The van der Waals surface area contributed by atoms with Crippen LogP contribution in [0.4, 0.5) is 13.2 Å². The van der Waals surface area contributed by atoms with Crippen molar-refractivity contribution in [2.45, 2.75) is 13.1 Å². The van der Waals surface area contributed by atoms with Crippen molar-refractivity contribution in [3.05, 3.63) is 163 Å². The number of alkyl halides is 3. The highest BCUT2D eigenvalue weighted by Crippen LogP contribution is 2.47. The molecule has 0 heterocycles. The summed E-state index contributed by atoms with van der Waals surface area (Å²) in [7, 11) is 0. The number of halogens is 3. The molecule has 0 amide bonds. The zero-order valence-electron chi connectivity index (χ0n) is 26.7. The maximum Gasteiger partial charge on any atom is 0.416 e. The Hall–Kier alpha value is -5.37. The Balaban J connectivity index is 1.41. The number of hydrogen-bond acceptors (Lipinski definition) is 0. The first-order valence-corrected chi connectivity index (χ1v) is 18.3. The second-order valence-corrected chi connectivity index (χ2v) is 16.2. The van der Waals surface area contributed by atoms with Crippen LogP contribution in [-0.2, 0) is 6.18 Å². The fourth-order valence-electron chi connectivity index (χ4n) is 7.86. The van der Waals surface area contributed by atoms with Crippen molar-refractivity contribution in [3.8, 4) is 0 Å². The number of hydrogen-bond donors (Lipinski definition) is 0. The molecule has 0 saturated carbocycles. The molecule has 0 N–H and O–H groups in total. The Morgan fingerprint density at radius 1 is 0.388 bits per heavy atom. The smallest absolute Gasteiger partial charge is 0.166 e. The minimum atomic E-state index is -4.48. The minimum Gasteiger partial charge on any atom is -0.166 e. The second-order valence-electron chi connectivity index (χ2n) is 13.0. The van der Waals surface area contributed by atoms with Gasteiger partial charge in [0, 0.05) is 0 Å². The predicted octanol–water partition coefficient (Wildman–Crippen LogP) is 11.7. The Bertz CT molecular complexity index is 2630. The first-order chi connectivity index (χ1) is 23.7. The van der Waals surface area contributed by atoms with Gasteiger partial charge < -0.3 is 0 Å². The molecule has 9 aromatic rings. The molecule has 0 fully saturated rings. The van der Waals surface area contributed by atoms with Gasteiger partial charge in [0.1, 0.15) is 0 Å². The summed E-state index contributed by atoms with van der Waals surface area (Å²) in [6.07, 6.45) is 0.503. The van der Waals surface area contributed by atoms with E-state index in [0.29, 0.717) is 10.9 Å². The fraction of sp³-hybridized carbons (Fsp3) is 0.0444. The van der Waals surface area contributed by atoms with E-state index in [9.17, 15) is 13.2 Å². The lowest BCUT2D eigenvalue weighted by molar-refractivity contribution is -0.137. The van der Waals surface area contributed by atoms with E-state index in [-0.39, 0.29) is 0 Å². The van der Waals surface area contributed by atoms with E-state index in [2.05, 4.69) is 121 Å². The molecule has 0 aliphatic heterocycles. The largest absolute Gasteiger partial charge is 0.416 e. The van der Waals surface area contributed by atoms with Gasteiger partial charge in [-0.3, -0.25) is 0 Å². The lowest BCUT2D eigenvalue weighted by Crippen LogP contribution is -2.27. The summed E-state index contributed by atoms with van der Waals surface area (Å²) >= 11 is 0. The summed E-state index contributed by atoms with van der Waals surface area (Å²) in [5.74, 6) is 0. The molecule has 236 valence electrons. The molecule has 9 rings (SSSR count). The van der Waals surface area contributed by atoms with Gasteiger partial charge in [-0.2, -0.15) is 13.2 Å². The first-order valence-electron chi connectivity index (χ1n) is 16.3. The third kappa shape index (κ3) is 4.53. The van der Waals surface area contributed by atoms with Crippen molar-refractivity contribution >= 4 is 93.7 Å². The van der Waals surface area contributed by atoms with E-state index in [1.165, 1.54) is 22.9 Å². The van der Waals surface area contributed by atoms with Gasteiger partial charge in [0.2, 0.25) is 0 Å². The number of fused-ring (bicyclic) bond motifs is 12. The summed E-state index contributed by atoms with van der Waals surface area (Å²) < 4.78 is 43.2. The molecule has 0 nitrogen and oxygen atoms in total. The monoisotopic (exact) mass is 658 g/mol. The lowest BCUT2D eigenvalue weighted by Gasteiger charge is -2.29. The summed E-state index contributed by atoms with van der Waals surface area (Å²) in [5.41, 5.74) is -0.0858. The van der Waals surface area contributed by atoms with Crippen molar-refractivity contribution < 1.29 is 13.2 Å². The first kappa shape index (κ1) is 29.7. The van der Waals surface area contributed by atoms with Crippen LogP contribution in [-0.4, -0.2) is 6.30 Å². The highest BCUT2D eigenvalue weighted by molar-refractivity contribution is 7.93. The zero-order valence-corrected chi connectivity index (χ0v) is 27.6. The third-order valence-corrected chi connectivity index (χ3v) is 13.6. The second kappa shape index (κ2) is 10.8. The van der Waals surface area contributed by atoms with Gasteiger partial charge in [-0.05, 0) is 124 Å². The zero-order chi connectivity index (χ0) is 33.5. The molecule has 0 unspecified atom stereocenters. The molecule has 0 spiro atoms. The summed E-state index contributed by atoms with van der Waals surface area (Å²) in [6.45, 7) is -1.15. The van der Waals surface area contributed by atoms with E-state index in [1.54, 1.807) is 6.92 Å². The average Bonchev–Trinajstić information content (AvgIpc) is 3.13. The number of benzene rings is 9. The quantitative estimate of drug-likeness (QED) is 0.131. The average molecular weight is 659 g/mol. The fourth-order valence-corrected chi connectivity index (χ4v) is 10.9. The van der Waals surface area contributed by atoms with Crippen molar-refractivity contribution in [2.75, 3.05) is 0 Å². The Morgan fingerprint density at radius 2 is 0.714 bits per heavy atom. The molecule has 0 aliphatic rings. The molecule has 0 radical (unpaired) electrons. The normalized spacial score (nSPS) is 12.6. The van der Waals surface area contributed by atoms with Crippen LogP contribution in [0.3, 0.4) is 0 Å². The van der Waals surface area contributed by atoms with E-state index >= 15 is 0 Å². The van der Waals surface area contributed by atoms with Gasteiger partial charge in [0.05, 0.1) is 5.56 Å². The molecular formula is C45H30F3P. The van der Waals surface area contributed by atoms with Crippen LogP contribution in [0.1, 0.15) is 11.1 Å². The van der Waals surface area contributed by atoms with E-state index in [1.807, 2.05) is 18.2 Å². The van der Waals surface area contributed by atoms with Crippen LogP contribution in [0.2, 0.25) is 0 Å². The maximum absolute atomic E-state index is 14.4. The van der Waals surface area contributed by atoms with Gasteiger partial charge in [0.15, 0.2) is 0 Å². The lowest BCUT2D eigenvalue weighted by atomic mass is 9.94. The highest BCUT2D eigenvalue weighted by atomic mass is 31.2. The number of aryl methyl sites for hydroxylation is 1. The standard InChI is InChI=1S/C45H30F3P/c1-28-23-29(45(46,47)48)25-32(24-28)49(2,30-19-21-41-37-15-5-3-11-33(37)35-13-7-9-17-39(35)43(41)26-30)31-20-22-42-38-16-6-4-12-34(38)36-14-8-10-18-40(36)44(42)27-31/h3-27H,2H2,1H3. The minimum absolute atomic E-state index is 0.562. The van der Waals surface area contributed by atoms with Crippen LogP contribution in [0.25, 0.3) is 64.6 Å². The van der Waals surface area contributed by atoms with E-state index < -0.39 is 18.6 Å².